The molecule has 0 bridgehead atoms. The van der Waals surface area contributed by atoms with Crippen LogP contribution in [-0.2, 0) is 9.59 Å². The summed E-state index contributed by atoms with van der Waals surface area (Å²) >= 11 is 1.49. The average molecular weight is 282 g/mol. The third-order valence-corrected chi connectivity index (χ3v) is 3.23. The highest BCUT2D eigenvalue weighted by Crippen LogP contribution is 2.19. The van der Waals surface area contributed by atoms with Gasteiger partial charge < -0.3 is 10.4 Å². The van der Waals surface area contributed by atoms with Crippen LogP contribution >= 0.6 is 11.3 Å². The first kappa shape index (κ1) is 15.4. The minimum Gasteiger partial charge on any atom is -0.480 e. The maximum Gasteiger partial charge on any atom is 0.326 e. The summed E-state index contributed by atoms with van der Waals surface area (Å²) in [5.74, 6) is -1.48. The van der Waals surface area contributed by atoms with Gasteiger partial charge >= 0.3 is 5.97 Å². The molecular formula is C13H18N2O3S. The van der Waals surface area contributed by atoms with Crippen LogP contribution in [0.1, 0.15) is 31.5 Å². The molecule has 0 saturated carbocycles. The Hall–Kier alpha value is -1.69. The number of rotatable bonds is 4. The zero-order valence-corrected chi connectivity index (χ0v) is 12.2. The number of nitrogens with one attached hydrogen (secondary N) is 1. The molecule has 1 aromatic heterocycles. The first-order chi connectivity index (χ1) is 8.70. The van der Waals surface area contributed by atoms with E-state index in [0.29, 0.717) is 5.69 Å². The van der Waals surface area contributed by atoms with Crippen molar-refractivity contribution in [3.05, 3.63) is 22.2 Å². The second kappa shape index (κ2) is 5.97. The molecule has 0 radical (unpaired) electrons. The van der Waals surface area contributed by atoms with Crippen LogP contribution < -0.4 is 5.32 Å². The summed E-state index contributed by atoms with van der Waals surface area (Å²) in [4.78, 5) is 27.0. The van der Waals surface area contributed by atoms with Gasteiger partial charge in [-0.25, -0.2) is 9.78 Å². The van der Waals surface area contributed by atoms with Crippen LogP contribution in [0.25, 0.3) is 6.08 Å². The molecule has 0 aliphatic rings. The van der Waals surface area contributed by atoms with Crippen molar-refractivity contribution in [3.8, 4) is 0 Å². The number of amides is 1. The molecule has 104 valence electrons. The molecular weight excluding hydrogens is 264 g/mol. The average Bonchev–Trinajstić information content (AvgIpc) is 2.67. The molecule has 0 unspecified atom stereocenters. The number of aryl methyl sites for hydroxylation is 1. The Labute approximate surface area is 116 Å². The Morgan fingerprint density at radius 3 is 2.53 bits per heavy atom. The van der Waals surface area contributed by atoms with Gasteiger partial charge in [0.15, 0.2) is 0 Å². The van der Waals surface area contributed by atoms with Crippen LogP contribution in [0.2, 0.25) is 0 Å². The fourth-order valence-electron chi connectivity index (χ4n) is 1.46. The lowest BCUT2D eigenvalue weighted by Gasteiger charge is -2.27. The van der Waals surface area contributed by atoms with Crippen LogP contribution in [0.4, 0.5) is 0 Å². The second-order valence-electron chi connectivity index (χ2n) is 5.27. The van der Waals surface area contributed by atoms with Crippen molar-refractivity contribution in [1.82, 2.24) is 10.3 Å². The maximum absolute atomic E-state index is 11.7. The lowest BCUT2D eigenvalue weighted by molar-refractivity contribution is -0.144. The van der Waals surface area contributed by atoms with E-state index in [4.69, 9.17) is 5.11 Å². The predicted octanol–water partition coefficient (Wildman–Crippen LogP) is 2.08. The fourth-order valence-corrected chi connectivity index (χ4v) is 2.04. The maximum atomic E-state index is 11.7. The Bertz CT molecular complexity index is 500. The molecule has 0 spiro atoms. The summed E-state index contributed by atoms with van der Waals surface area (Å²) < 4.78 is 0. The Morgan fingerprint density at radius 1 is 1.47 bits per heavy atom. The summed E-state index contributed by atoms with van der Waals surface area (Å²) in [5.41, 5.74) is 0.146. The number of thiazole rings is 1. The first-order valence-electron chi connectivity index (χ1n) is 5.83. The van der Waals surface area contributed by atoms with Crippen LogP contribution in [-0.4, -0.2) is 28.0 Å². The van der Waals surface area contributed by atoms with E-state index in [1.807, 2.05) is 12.3 Å². The molecule has 0 fully saturated rings. The second-order valence-corrected chi connectivity index (χ2v) is 6.33. The Morgan fingerprint density at radius 2 is 2.11 bits per heavy atom. The highest BCUT2D eigenvalue weighted by molar-refractivity contribution is 7.09. The molecule has 5 nitrogen and oxygen atoms in total. The molecule has 1 aromatic rings. The third-order valence-electron chi connectivity index (χ3n) is 2.44. The van der Waals surface area contributed by atoms with Gasteiger partial charge in [0.05, 0.1) is 10.7 Å². The SMILES string of the molecule is Cc1nc(/C=C/C(=O)N[C@H](C(=O)O)C(C)(C)C)cs1. The van der Waals surface area contributed by atoms with Crippen LogP contribution in [0, 0.1) is 12.3 Å². The highest BCUT2D eigenvalue weighted by Gasteiger charge is 2.31. The summed E-state index contributed by atoms with van der Waals surface area (Å²) in [6.45, 7) is 7.17. The molecule has 0 saturated heterocycles. The van der Waals surface area contributed by atoms with E-state index in [0.717, 1.165) is 5.01 Å². The zero-order valence-electron chi connectivity index (χ0n) is 11.4. The number of nitrogens with zero attached hydrogens (tertiary/aromatic N) is 1. The van der Waals surface area contributed by atoms with E-state index in [1.54, 1.807) is 26.8 Å². The Kier molecular flexibility index (Phi) is 4.83. The van der Waals surface area contributed by atoms with E-state index in [-0.39, 0.29) is 0 Å². The van der Waals surface area contributed by atoms with Gasteiger partial charge in [-0.05, 0) is 18.4 Å². The number of carboxylic acid groups (broad SMARTS) is 1. The van der Waals surface area contributed by atoms with Crippen LogP contribution in [0.5, 0.6) is 0 Å². The number of hydrogen-bond acceptors (Lipinski definition) is 4. The molecule has 1 heterocycles. The summed E-state index contributed by atoms with van der Waals surface area (Å²) in [6, 6.07) is -0.929. The van der Waals surface area contributed by atoms with Gasteiger partial charge in [-0.15, -0.1) is 11.3 Å². The van der Waals surface area contributed by atoms with E-state index in [9.17, 15) is 9.59 Å². The number of aromatic nitrogens is 1. The van der Waals surface area contributed by atoms with Gasteiger partial charge in [0.2, 0.25) is 5.91 Å². The van der Waals surface area contributed by atoms with Crippen molar-refractivity contribution < 1.29 is 14.7 Å². The van der Waals surface area contributed by atoms with E-state index < -0.39 is 23.3 Å². The standard InChI is InChI=1S/C13H18N2O3S/c1-8-14-9(7-19-8)5-6-10(16)15-11(12(17)18)13(2,3)4/h5-7,11H,1-4H3,(H,15,16)(H,17,18)/b6-5+/t11-/m1/s1. The fraction of sp³-hybridized carbons (Fsp3) is 0.462. The minimum atomic E-state index is -1.04. The number of carboxylic acids is 1. The lowest BCUT2D eigenvalue weighted by Crippen LogP contribution is -2.48. The largest absolute Gasteiger partial charge is 0.480 e. The normalized spacial score (nSPS) is 13.5. The molecule has 0 aromatic carbocycles. The minimum absolute atomic E-state index is 0.437. The van der Waals surface area contributed by atoms with E-state index >= 15 is 0 Å². The van der Waals surface area contributed by atoms with Crippen molar-refractivity contribution in [3.63, 3.8) is 0 Å². The van der Waals surface area contributed by atoms with Crippen molar-refractivity contribution in [2.75, 3.05) is 0 Å². The molecule has 1 rings (SSSR count). The van der Waals surface area contributed by atoms with Gasteiger partial charge in [0, 0.05) is 11.5 Å². The van der Waals surface area contributed by atoms with Crippen molar-refractivity contribution in [2.24, 2.45) is 5.41 Å². The number of hydrogen-bond donors (Lipinski definition) is 2. The first-order valence-corrected chi connectivity index (χ1v) is 6.71. The lowest BCUT2D eigenvalue weighted by atomic mass is 9.87. The van der Waals surface area contributed by atoms with Crippen LogP contribution in [0.15, 0.2) is 11.5 Å². The van der Waals surface area contributed by atoms with E-state index in [1.165, 1.54) is 17.4 Å². The van der Waals surface area contributed by atoms with Gasteiger partial charge in [-0.1, -0.05) is 20.8 Å². The number of carbonyl (C=O) groups excluding carboxylic acids is 1. The topological polar surface area (TPSA) is 79.3 Å². The molecule has 6 heteroatoms. The predicted molar refractivity (Wildman–Crippen MR) is 74.9 cm³/mol. The molecule has 0 aliphatic carbocycles. The zero-order chi connectivity index (χ0) is 14.6. The van der Waals surface area contributed by atoms with Gasteiger partial charge in [0.1, 0.15) is 6.04 Å². The molecule has 0 aliphatic heterocycles. The molecule has 2 N–H and O–H groups in total. The number of aliphatic carboxylic acids is 1. The van der Waals surface area contributed by atoms with Crippen molar-refractivity contribution >= 4 is 29.3 Å². The van der Waals surface area contributed by atoms with Gasteiger partial charge in [0.25, 0.3) is 0 Å². The monoisotopic (exact) mass is 282 g/mol. The third kappa shape index (κ3) is 4.82. The summed E-state index contributed by atoms with van der Waals surface area (Å²) in [7, 11) is 0. The molecule has 1 amide bonds. The smallest absolute Gasteiger partial charge is 0.326 e. The van der Waals surface area contributed by atoms with Crippen molar-refractivity contribution in [1.29, 1.82) is 0 Å². The molecule has 19 heavy (non-hydrogen) atoms. The van der Waals surface area contributed by atoms with Gasteiger partial charge in [-0.3, -0.25) is 4.79 Å². The molecule has 1 atom stereocenters. The van der Waals surface area contributed by atoms with Crippen LogP contribution in [0.3, 0.4) is 0 Å². The van der Waals surface area contributed by atoms with E-state index in [2.05, 4.69) is 10.3 Å². The van der Waals surface area contributed by atoms with Crippen molar-refractivity contribution in [2.45, 2.75) is 33.7 Å². The summed E-state index contributed by atoms with van der Waals surface area (Å²) in [6.07, 6.45) is 2.87. The Balaban J connectivity index is 2.68. The highest BCUT2D eigenvalue weighted by atomic mass is 32.1. The van der Waals surface area contributed by atoms with Gasteiger partial charge in [-0.2, -0.15) is 0 Å². The number of carbonyl (C=O) groups is 2. The summed E-state index contributed by atoms with van der Waals surface area (Å²) in [5, 5.41) is 14.3. The quantitative estimate of drug-likeness (QED) is 0.829.